The minimum atomic E-state index is -0.800. The summed E-state index contributed by atoms with van der Waals surface area (Å²) in [6.07, 6.45) is 0.680. The molecule has 5 nitrogen and oxygen atoms in total. The minimum absolute atomic E-state index is 0.0761. The molecule has 116 valence electrons. The molecule has 0 radical (unpaired) electrons. The predicted molar refractivity (Wildman–Crippen MR) is 79.0 cm³/mol. The number of primary amides is 1. The van der Waals surface area contributed by atoms with Crippen molar-refractivity contribution in [2.45, 2.75) is 45.2 Å². The SMILES string of the molecule is CCC(C)(C)NC(=O)CC(NC(N)=O)c1ccccc1F. The first-order chi connectivity index (χ1) is 9.75. The van der Waals surface area contributed by atoms with Gasteiger partial charge >= 0.3 is 6.03 Å². The van der Waals surface area contributed by atoms with Crippen LogP contribution in [-0.2, 0) is 4.79 Å². The summed E-state index contributed by atoms with van der Waals surface area (Å²) in [5.74, 6) is -0.761. The molecule has 0 fully saturated rings. The topological polar surface area (TPSA) is 84.2 Å². The molecule has 0 saturated heterocycles. The lowest BCUT2D eigenvalue weighted by molar-refractivity contribution is -0.123. The van der Waals surface area contributed by atoms with E-state index in [1.165, 1.54) is 12.1 Å². The second kappa shape index (κ2) is 7.06. The van der Waals surface area contributed by atoms with Gasteiger partial charge in [-0.3, -0.25) is 4.79 Å². The molecular weight excluding hydrogens is 273 g/mol. The molecule has 6 heteroatoms. The zero-order valence-corrected chi connectivity index (χ0v) is 12.6. The van der Waals surface area contributed by atoms with E-state index < -0.39 is 17.9 Å². The summed E-state index contributed by atoms with van der Waals surface area (Å²) in [5.41, 5.74) is 4.98. The Morgan fingerprint density at radius 3 is 2.48 bits per heavy atom. The summed E-state index contributed by atoms with van der Waals surface area (Å²) in [6, 6.07) is 4.39. The Labute approximate surface area is 124 Å². The summed E-state index contributed by atoms with van der Waals surface area (Å²) >= 11 is 0. The van der Waals surface area contributed by atoms with Crippen molar-refractivity contribution in [2.24, 2.45) is 5.73 Å². The van der Waals surface area contributed by atoms with Crippen LogP contribution in [0.2, 0.25) is 0 Å². The molecule has 1 aromatic carbocycles. The van der Waals surface area contributed by atoms with Gasteiger partial charge in [-0.05, 0) is 26.3 Å². The van der Waals surface area contributed by atoms with Crippen molar-refractivity contribution < 1.29 is 14.0 Å². The Balaban J connectivity index is 2.87. The third kappa shape index (κ3) is 5.41. The van der Waals surface area contributed by atoms with Crippen LogP contribution in [0.1, 0.15) is 45.2 Å². The first kappa shape index (κ1) is 16.9. The van der Waals surface area contributed by atoms with Gasteiger partial charge in [-0.15, -0.1) is 0 Å². The number of nitrogens with two attached hydrogens (primary N) is 1. The van der Waals surface area contributed by atoms with Crippen LogP contribution in [0.15, 0.2) is 24.3 Å². The number of rotatable bonds is 6. The zero-order chi connectivity index (χ0) is 16.0. The normalized spacial score (nSPS) is 12.6. The van der Waals surface area contributed by atoms with E-state index in [9.17, 15) is 14.0 Å². The highest BCUT2D eigenvalue weighted by Crippen LogP contribution is 2.20. The molecule has 0 aliphatic rings. The van der Waals surface area contributed by atoms with Crippen LogP contribution >= 0.6 is 0 Å². The molecule has 1 aromatic rings. The lowest BCUT2D eigenvalue weighted by Gasteiger charge is -2.26. The number of carbonyl (C=O) groups is 2. The third-order valence-electron chi connectivity index (χ3n) is 3.35. The number of carbonyl (C=O) groups excluding carboxylic acids is 2. The molecule has 0 spiro atoms. The lowest BCUT2D eigenvalue weighted by Crippen LogP contribution is -2.45. The highest BCUT2D eigenvalue weighted by atomic mass is 19.1. The summed E-state index contributed by atoms with van der Waals surface area (Å²) in [7, 11) is 0. The fourth-order valence-corrected chi connectivity index (χ4v) is 1.87. The van der Waals surface area contributed by atoms with Crippen molar-refractivity contribution in [3.8, 4) is 0 Å². The van der Waals surface area contributed by atoms with Gasteiger partial charge in [-0.1, -0.05) is 25.1 Å². The molecule has 0 heterocycles. The third-order valence-corrected chi connectivity index (χ3v) is 3.35. The Morgan fingerprint density at radius 2 is 1.95 bits per heavy atom. The average Bonchev–Trinajstić information content (AvgIpc) is 2.37. The summed E-state index contributed by atoms with van der Waals surface area (Å²) in [5, 5.41) is 5.26. The van der Waals surface area contributed by atoms with Gasteiger partial charge in [-0.2, -0.15) is 0 Å². The lowest BCUT2D eigenvalue weighted by atomic mass is 9.99. The van der Waals surface area contributed by atoms with Gasteiger partial charge in [0.25, 0.3) is 0 Å². The smallest absolute Gasteiger partial charge is 0.312 e. The number of halogens is 1. The van der Waals surface area contributed by atoms with Crippen LogP contribution in [0.3, 0.4) is 0 Å². The second-order valence-corrected chi connectivity index (χ2v) is 5.57. The highest BCUT2D eigenvalue weighted by Gasteiger charge is 2.23. The summed E-state index contributed by atoms with van der Waals surface area (Å²) in [4.78, 5) is 23.1. The molecular formula is C15H22FN3O2. The quantitative estimate of drug-likeness (QED) is 0.752. The summed E-state index contributed by atoms with van der Waals surface area (Å²) < 4.78 is 13.8. The van der Waals surface area contributed by atoms with Gasteiger partial charge in [0.15, 0.2) is 0 Å². The van der Waals surface area contributed by atoms with Crippen LogP contribution in [0.4, 0.5) is 9.18 Å². The van der Waals surface area contributed by atoms with Crippen LogP contribution in [-0.4, -0.2) is 17.5 Å². The molecule has 1 atom stereocenters. The molecule has 3 amide bonds. The van der Waals surface area contributed by atoms with E-state index in [0.29, 0.717) is 0 Å². The van der Waals surface area contributed by atoms with Crippen molar-refractivity contribution in [2.75, 3.05) is 0 Å². The fraction of sp³-hybridized carbons (Fsp3) is 0.467. The van der Waals surface area contributed by atoms with Gasteiger partial charge in [0.1, 0.15) is 5.82 Å². The maximum absolute atomic E-state index is 13.8. The molecule has 0 saturated carbocycles. The minimum Gasteiger partial charge on any atom is -0.352 e. The van der Waals surface area contributed by atoms with Crippen LogP contribution in [0.5, 0.6) is 0 Å². The van der Waals surface area contributed by atoms with E-state index in [1.54, 1.807) is 12.1 Å². The van der Waals surface area contributed by atoms with E-state index in [4.69, 9.17) is 5.73 Å². The first-order valence-electron chi connectivity index (χ1n) is 6.86. The zero-order valence-electron chi connectivity index (χ0n) is 12.6. The van der Waals surface area contributed by atoms with Gasteiger partial charge in [0, 0.05) is 11.1 Å². The van der Waals surface area contributed by atoms with Crippen LogP contribution in [0.25, 0.3) is 0 Å². The largest absolute Gasteiger partial charge is 0.352 e. The maximum Gasteiger partial charge on any atom is 0.312 e. The Hall–Kier alpha value is -2.11. The summed E-state index contributed by atoms with van der Waals surface area (Å²) in [6.45, 7) is 5.74. The predicted octanol–water partition coefficient (Wildman–Crippen LogP) is 2.23. The molecule has 1 rings (SSSR count). The molecule has 1 unspecified atom stereocenters. The van der Waals surface area contributed by atoms with Crippen molar-refractivity contribution in [3.05, 3.63) is 35.6 Å². The van der Waals surface area contributed by atoms with Crippen molar-refractivity contribution in [1.29, 1.82) is 0 Å². The van der Waals surface area contributed by atoms with E-state index in [0.717, 1.165) is 6.42 Å². The van der Waals surface area contributed by atoms with Gasteiger partial charge in [-0.25, -0.2) is 9.18 Å². The van der Waals surface area contributed by atoms with Crippen LogP contribution in [0, 0.1) is 5.82 Å². The Kier molecular flexibility index (Phi) is 5.69. The first-order valence-corrected chi connectivity index (χ1v) is 6.86. The fourth-order valence-electron chi connectivity index (χ4n) is 1.87. The highest BCUT2D eigenvalue weighted by molar-refractivity contribution is 5.79. The molecule has 0 aliphatic heterocycles. The number of benzene rings is 1. The van der Waals surface area contributed by atoms with Gasteiger partial charge in [0.05, 0.1) is 12.5 Å². The number of hydrogen-bond donors (Lipinski definition) is 3. The average molecular weight is 295 g/mol. The second-order valence-electron chi connectivity index (χ2n) is 5.57. The van der Waals surface area contributed by atoms with Gasteiger partial charge < -0.3 is 16.4 Å². The van der Waals surface area contributed by atoms with Crippen molar-refractivity contribution in [1.82, 2.24) is 10.6 Å². The van der Waals surface area contributed by atoms with E-state index in [2.05, 4.69) is 10.6 Å². The van der Waals surface area contributed by atoms with Crippen molar-refractivity contribution in [3.63, 3.8) is 0 Å². The van der Waals surface area contributed by atoms with Crippen LogP contribution < -0.4 is 16.4 Å². The number of urea groups is 1. The number of nitrogens with one attached hydrogen (secondary N) is 2. The number of amides is 3. The maximum atomic E-state index is 13.8. The molecule has 4 N–H and O–H groups in total. The molecule has 21 heavy (non-hydrogen) atoms. The Bertz CT molecular complexity index is 517. The molecule has 0 bridgehead atoms. The Morgan fingerprint density at radius 1 is 1.33 bits per heavy atom. The van der Waals surface area contributed by atoms with E-state index >= 15 is 0 Å². The molecule has 0 aliphatic carbocycles. The van der Waals surface area contributed by atoms with E-state index in [1.807, 2.05) is 20.8 Å². The van der Waals surface area contributed by atoms with Gasteiger partial charge in [0.2, 0.25) is 5.91 Å². The monoisotopic (exact) mass is 295 g/mol. The molecule has 0 aromatic heterocycles. The standard InChI is InChI=1S/C15H22FN3O2/c1-4-15(2,3)19-13(20)9-12(18-14(17)21)10-7-5-6-8-11(10)16/h5-8,12H,4,9H2,1-3H3,(H,19,20)(H3,17,18,21). The number of hydrogen-bond acceptors (Lipinski definition) is 2. The van der Waals surface area contributed by atoms with E-state index in [-0.39, 0.29) is 23.4 Å². The van der Waals surface area contributed by atoms with Crippen molar-refractivity contribution >= 4 is 11.9 Å².